The highest BCUT2D eigenvalue weighted by Crippen LogP contribution is 2.19. The molecule has 0 atom stereocenters. The van der Waals surface area contributed by atoms with Crippen molar-refractivity contribution >= 4 is 11.6 Å². The SMILES string of the molecule is O=C(NCCCc1ncn[nH]1)c1ccc(F)cc1[N+](=O)[O-]. The van der Waals surface area contributed by atoms with Crippen LogP contribution >= 0.6 is 0 Å². The Labute approximate surface area is 118 Å². The van der Waals surface area contributed by atoms with E-state index in [1.807, 2.05) is 0 Å². The topological polar surface area (TPSA) is 114 Å². The molecule has 0 spiro atoms. The number of hydrogen-bond donors (Lipinski definition) is 2. The van der Waals surface area contributed by atoms with Gasteiger partial charge in [0.1, 0.15) is 23.5 Å². The molecule has 9 heteroatoms. The highest BCUT2D eigenvalue weighted by Gasteiger charge is 2.20. The summed E-state index contributed by atoms with van der Waals surface area (Å²) in [4.78, 5) is 25.8. The lowest BCUT2D eigenvalue weighted by Crippen LogP contribution is -2.25. The van der Waals surface area contributed by atoms with Crippen molar-refractivity contribution in [2.24, 2.45) is 0 Å². The van der Waals surface area contributed by atoms with Gasteiger partial charge in [-0.2, -0.15) is 5.10 Å². The normalized spacial score (nSPS) is 10.3. The molecule has 0 aliphatic rings. The maximum absolute atomic E-state index is 13.0. The fourth-order valence-corrected chi connectivity index (χ4v) is 1.75. The summed E-state index contributed by atoms with van der Waals surface area (Å²) in [5.74, 6) is -0.681. The summed E-state index contributed by atoms with van der Waals surface area (Å²) in [5, 5.41) is 19.7. The van der Waals surface area contributed by atoms with Crippen LogP contribution in [0.1, 0.15) is 22.6 Å². The summed E-state index contributed by atoms with van der Waals surface area (Å²) in [6.45, 7) is 0.314. The quantitative estimate of drug-likeness (QED) is 0.472. The van der Waals surface area contributed by atoms with E-state index in [0.717, 1.165) is 18.2 Å². The van der Waals surface area contributed by atoms with Crippen LogP contribution < -0.4 is 5.32 Å². The lowest BCUT2D eigenvalue weighted by atomic mass is 10.1. The van der Waals surface area contributed by atoms with Gasteiger partial charge in [0.15, 0.2) is 0 Å². The van der Waals surface area contributed by atoms with Crippen LogP contribution in [0.4, 0.5) is 10.1 Å². The van der Waals surface area contributed by atoms with Crippen LogP contribution in [0.25, 0.3) is 0 Å². The fourth-order valence-electron chi connectivity index (χ4n) is 1.75. The molecular formula is C12H12FN5O3. The van der Waals surface area contributed by atoms with Crippen molar-refractivity contribution in [3.8, 4) is 0 Å². The first-order chi connectivity index (χ1) is 10.1. The highest BCUT2D eigenvalue weighted by molar-refractivity contribution is 5.98. The van der Waals surface area contributed by atoms with E-state index in [0.29, 0.717) is 25.2 Å². The van der Waals surface area contributed by atoms with E-state index >= 15 is 0 Å². The first-order valence-corrected chi connectivity index (χ1v) is 6.14. The molecule has 8 nitrogen and oxygen atoms in total. The molecule has 1 aromatic carbocycles. The van der Waals surface area contributed by atoms with Crippen LogP contribution in [-0.2, 0) is 6.42 Å². The Morgan fingerprint density at radius 2 is 2.29 bits per heavy atom. The maximum Gasteiger partial charge on any atom is 0.285 e. The molecule has 2 aromatic rings. The second-order valence-corrected chi connectivity index (χ2v) is 4.21. The average Bonchev–Trinajstić information content (AvgIpc) is 2.96. The van der Waals surface area contributed by atoms with Crippen LogP contribution in [0.5, 0.6) is 0 Å². The second-order valence-electron chi connectivity index (χ2n) is 4.21. The summed E-state index contributed by atoms with van der Waals surface area (Å²) < 4.78 is 13.0. The number of nitro benzene ring substituents is 1. The van der Waals surface area contributed by atoms with Gasteiger partial charge in [0.2, 0.25) is 0 Å². The maximum atomic E-state index is 13.0. The molecule has 0 unspecified atom stereocenters. The predicted molar refractivity (Wildman–Crippen MR) is 70.1 cm³/mol. The monoisotopic (exact) mass is 293 g/mol. The number of carbonyl (C=O) groups is 1. The third-order valence-corrected chi connectivity index (χ3v) is 2.74. The number of aromatic amines is 1. The van der Waals surface area contributed by atoms with E-state index < -0.39 is 22.3 Å². The molecule has 0 bridgehead atoms. The van der Waals surface area contributed by atoms with Crippen LogP contribution in [0.3, 0.4) is 0 Å². The third kappa shape index (κ3) is 3.81. The zero-order valence-corrected chi connectivity index (χ0v) is 10.9. The van der Waals surface area contributed by atoms with Crippen molar-refractivity contribution in [1.29, 1.82) is 0 Å². The molecule has 0 saturated heterocycles. The number of aromatic nitrogens is 3. The van der Waals surface area contributed by atoms with Gasteiger partial charge in [0.25, 0.3) is 11.6 Å². The van der Waals surface area contributed by atoms with Crippen molar-refractivity contribution < 1.29 is 14.1 Å². The highest BCUT2D eigenvalue weighted by atomic mass is 19.1. The minimum atomic E-state index is -0.785. The number of halogens is 1. The molecule has 110 valence electrons. The summed E-state index contributed by atoms with van der Waals surface area (Å²) >= 11 is 0. The molecular weight excluding hydrogens is 281 g/mol. The number of hydrogen-bond acceptors (Lipinski definition) is 5. The summed E-state index contributed by atoms with van der Waals surface area (Å²) in [5.41, 5.74) is -0.719. The van der Waals surface area contributed by atoms with E-state index in [-0.39, 0.29) is 5.56 Å². The Bertz CT molecular complexity index is 644. The Morgan fingerprint density at radius 3 is 2.95 bits per heavy atom. The summed E-state index contributed by atoms with van der Waals surface area (Å²) in [6, 6.07) is 2.83. The largest absolute Gasteiger partial charge is 0.352 e. The molecule has 2 rings (SSSR count). The molecule has 0 fully saturated rings. The fraction of sp³-hybridized carbons (Fsp3) is 0.250. The van der Waals surface area contributed by atoms with Gasteiger partial charge < -0.3 is 5.32 Å². The van der Waals surface area contributed by atoms with Crippen LogP contribution in [-0.4, -0.2) is 32.6 Å². The van der Waals surface area contributed by atoms with E-state index in [1.165, 1.54) is 6.33 Å². The van der Waals surface area contributed by atoms with Crippen LogP contribution in [0.2, 0.25) is 0 Å². The van der Waals surface area contributed by atoms with Gasteiger partial charge in [0.05, 0.1) is 11.0 Å². The Balaban J connectivity index is 1.92. The van der Waals surface area contributed by atoms with E-state index in [9.17, 15) is 19.3 Å². The van der Waals surface area contributed by atoms with E-state index in [2.05, 4.69) is 20.5 Å². The Kier molecular flexibility index (Phi) is 4.54. The summed E-state index contributed by atoms with van der Waals surface area (Å²) in [6.07, 6.45) is 2.57. The number of benzene rings is 1. The lowest BCUT2D eigenvalue weighted by molar-refractivity contribution is -0.385. The standard InChI is InChI=1S/C12H12FN5O3/c13-8-3-4-9(10(6-8)18(20)21)12(19)14-5-1-2-11-15-7-16-17-11/h3-4,6-7H,1-2,5H2,(H,14,19)(H,15,16,17). The minimum Gasteiger partial charge on any atom is -0.352 e. The Morgan fingerprint density at radius 1 is 1.48 bits per heavy atom. The Hall–Kier alpha value is -2.84. The second kappa shape index (κ2) is 6.55. The van der Waals surface area contributed by atoms with Gasteiger partial charge in [-0.05, 0) is 18.6 Å². The van der Waals surface area contributed by atoms with E-state index in [4.69, 9.17) is 0 Å². The van der Waals surface area contributed by atoms with Gasteiger partial charge in [-0.15, -0.1) is 0 Å². The van der Waals surface area contributed by atoms with Crippen molar-refractivity contribution in [3.63, 3.8) is 0 Å². The molecule has 0 aliphatic carbocycles. The third-order valence-electron chi connectivity index (χ3n) is 2.74. The van der Waals surface area contributed by atoms with Crippen LogP contribution in [0.15, 0.2) is 24.5 Å². The van der Waals surface area contributed by atoms with E-state index in [1.54, 1.807) is 0 Å². The molecule has 0 saturated carbocycles. The average molecular weight is 293 g/mol. The zero-order valence-electron chi connectivity index (χ0n) is 10.9. The lowest BCUT2D eigenvalue weighted by Gasteiger charge is -2.05. The number of nitrogens with one attached hydrogen (secondary N) is 2. The molecule has 0 aliphatic heterocycles. The van der Waals surface area contributed by atoms with Crippen molar-refractivity contribution in [2.45, 2.75) is 12.8 Å². The molecule has 2 N–H and O–H groups in total. The predicted octanol–water partition coefficient (Wildman–Crippen LogP) is 1.21. The number of nitrogens with zero attached hydrogens (tertiary/aromatic N) is 3. The molecule has 0 radical (unpaired) electrons. The van der Waals surface area contributed by atoms with Gasteiger partial charge >= 0.3 is 0 Å². The molecule has 21 heavy (non-hydrogen) atoms. The molecule has 1 heterocycles. The number of rotatable bonds is 6. The molecule has 1 amide bonds. The first kappa shape index (κ1) is 14.6. The summed E-state index contributed by atoms with van der Waals surface area (Å²) in [7, 11) is 0. The zero-order chi connectivity index (χ0) is 15.2. The van der Waals surface area contributed by atoms with Crippen LogP contribution in [0, 0.1) is 15.9 Å². The van der Waals surface area contributed by atoms with Gasteiger partial charge in [-0.25, -0.2) is 9.37 Å². The van der Waals surface area contributed by atoms with Gasteiger partial charge in [0, 0.05) is 13.0 Å². The van der Waals surface area contributed by atoms with Gasteiger partial charge in [-0.1, -0.05) is 0 Å². The number of amides is 1. The number of H-pyrrole nitrogens is 1. The first-order valence-electron chi connectivity index (χ1n) is 6.14. The minimum absolute atomic E-state index is 0.166. The van der Waals surface area contributed by atoms with Gasteiger partial charge in [-0.3, -0.25) is 20.0 Å². The van der Waals surface area contributed by atoms with Crippen molar-refractivity contribution in [3.05, 3.63) is 51.8 Å². The number of nitro groups is 1. The number of carbonyl (C=O) groups excluding carboxylic acids is 1. The number of aryl methyl sites for hydroxylation is 1. The van der Waals surface area contributed by atoms with Crippen molar-refractivity contribution in [2.75, 3.05) is 6.54 Å². The molecule has 1 aromatic heterocycles. The smallest absolute Gasteiger partial charge is 0.285 e. The van der Waals surface area contributed by atoms with Crippen molar-refractivity contribution in [1.82, 2.24) is 20.5 Å².